The Hall–Kier alpha value is -0.770. The van der Waals surface area contributed by atoms with E-state index in [0.717, 1.165) is 0 Å². The first-order chi connectivity index (χ1) is 8.37. The normalized spacial score (nSPS) is 11.1. The molecule has 0 unspecified atom stereocenters. The van der Waals surface area contributed by atoms with Crippen LogP contribution >= 0.6 is 34.8 Å². The van der Waals surface area contributed by atoms with Crippen molar-refractivity contribution >= 4 is 46.6 Å². The zero-order chi connectivity index (χ0) is 13.8. The summed E-state index contributed by atoms with van der Waals surface area (Å²) in [5.41, 5.74) is 0.627. The van der Waals surface area contributed by atoms with Crippen LogP contribution in [0.25, 0.3) is 0 Å². The lowest BCUT2D eigenvalue weighted by molar-refractivity contribution is -0.146. The van der Waals surface area contributed by atoms with Gasteiger partial charge in [-0.25, -0.2) is 4.79 Å². The molecule has 0 heterocycles. The summed E-state index contributed by atoms with van der Waals surface area (Å²) >= 11 is 17.2. The van der Waals surface area contributed by atoms with E-state index in [1.807, 2.05) is 0 Å². The zero-order valence-corrected chi connectivity index (χ0v) is 11.9. The fraction of sp³-hybridized carbons (Fsp3) is 0.333. The second-order valence-corrected chi connectivity index (χ2v) is 5.29. The molecule has 0 radical (unpaired) electrons. The summed E-state index contributed by atoms with van der Waals surface area (Å²) in [5.74, 6) is -1.60. The van der Waals surface area contributed by atoms with Crippen LogP contribution in [0, 0.1) is 0 Å². The van der Waals surface area contributed by atoms with Gasteiger partial charge < -0.3 is 4.74 Å². The predicted molar refractivity (Wildman–Crippen MR) is 71.2 cm³/mol. The number of hydrogen-bond acceptors (Lipinski definition) is 3. The smallest absolute Gasteiger partial charge is 0.350 e. The minimum absolute atomic E-state index is 0.0909. The number of Topliss-reactive ketones (excluding diaryl/α,β-unsaturated/α-hetero) is 1. The van der Waals surface area contributed by atoms with E-state index in [0.29, 0.717) is 10.6 Å². The summed E-state index contributed by atoms with van der Waals surface area (Å²) in [7, 11) is 0. The number of ketones is 1. The van der Waals surface area contributed by atoms with Crippen molar-refractivity contribution in [3.63, 3.8) is 0 Å². The van der Waals surface area contributed by atoms with Crippen molar-refractivity contribution in [3.05, 3.63) is 34.9 Å². The molecule has 0 bridgehead atoms. The number of alkyl halides is 2. The van der Waals surface area contributed by atoms with Gasteiger partial charge in [-0.15, -0.1) is 0 Å². The molecule has 0 aromatic heterocycles. The van der Waals surface area contributed by atoms with Crippen LogP contribution in [0.2, 0.25) is 5.02 Å². The highest BCUT2D eigenvalue weighted by atomic mass is 35.5. The van der Waals surface area contributed by atoms with Crippen LogP contribution in [0.3, 0.4) is 0 Å². The Morgan fingerprint density at radius 2 is 2.00 bits per heavy atom. The summed E-state index contributed by atoms with van der Waals surface area (Å²) in [6.07, 6.45) is -0.0909. The molecule has 0 N–H and O–H groups in total. The Kier molecular flexibility index (Phi) is 5.45. The van der Waals surface area contributed by atoms with Crippen LogP contribution in [0.1, 0.15) is 12.5 Å². The molecular formula is C12H11Cl3O3. The Labute approximate surface area is 120 Å². The number of halogens is 3. The summed E-state index contributed by atoms with van der Waals surface area (Å²) < 4.78 is 2.46. The fourth-order valence-corrected chi connectivity index (χ4v) is 1.73. The Morgan fingerprint density at radius 1 is 1.33 bits per heavy atom. The van der Waals surface area contributed by atoms with E-state index in [9.17, 15) is 9.59 Å². The zero-order valence-electron chi connectivity index (χ0n) is 9.58. The van der Waals surface area contributed by atoms with Crippen molar-refractivity contribution in [1.29, 1.82) is 0 Å². The molecule has 0 amide bonds. The molecule has 0 saturated heterocycles. The van der Waals surface area contributed by atoms with Gasteiger partial charge in [0.25, 0.3) is 4.33 Å². The Balaban J connectivity index is 2.79. The van der Waals surface area contributed by atoms with Gasteiger partial charge >= 0.3 is 5.97 Å². The van der Waals surface area contributed by atoms with E-state index in [4.69, 9.17) is 34.8 Å². The van der Waals surface area contributed by atoms with Crippen LogP contribution in [-0.4, -0.2) is 22.7 Å². The predicted octanol–water partition coefficient (Wildman–Crippen LogP) is 3.19. The second kappa shape index (κ2) is 6.41. The summed E-state index contributed by atoms with van der Waals surface area (Å²) in [6, 6.07) is 6.67. The van der Waals surface area contributed by atoms with Gasteiger partial charge in [0, 0.05) is 11.4 Å². The largest absolute Gasteiger partial charge is 0.463 e. The monoisotopic (exact) mass is 308 g/mol. The SMILES string of the molecule is CCOC(=O)C(Cl)(Cl)C(=O)Cc1cccc(Cl)c1. The van der Waals surface area contributed by atoms with E-state index in [1.54, 1.807) is 31.2 Å². The first kappa shape index (κ1) is 15.3. The lowest BCUT2D eigenvalue weighted by Gasteiger charge is -2.16. The van der Waals surface area contributed by atoms with Gasteiger partial charge in [-0.1, -0.05) is 46.9 Å². The molecule has 1 aromatic carbocycles. The van der Waals surface area contributed by atoms with E-state index in [2.05, 4.69) is 4.74 Å². The topological polar surface area (TPSA) is 43.4 Å². The molecular weight excluding hydrogens is 298 g/mol. The van der Waals surface area contributed by atoms with Gasteiger partial charge in [0.15, 0.2) is 5.78 Å². The summed E-state index contributed by atoms with van der Waals surface area (Å²) in [4.78, 5) is 23.3. The highest BCUT2D eigenvalue weighted by Crippen LogP contribution is 2.26. The Bertz CT molecular complexity index is 458. The fourth-order valence-electron chi connectivity index (χ4n) is 1.28. The van der Waals surface area contributed by atoms with E-state index in [1.165, 1.54) is 0 Å². The molecule has 0 aliphatic heterocycles. The van der Waals surface area contributed by atoms with Crippen molar-refractivity contribution in [2.75, 3.05) is 6.61 Å². The standard InChI is InChI=1S/C12H11Cl3O3/c1-2-18-11(17)12(14,15)10(16)7-8-4-3-5-9(13)6-8/h3-6H,2,7H2,1H3. The molecule has 3 nitrogen and oxygen atoms in total. The van der Waals surface area contributed by atoms with Gasteiger partial charge in [0.2, 0.25) is 0 Å². The molecule has 0 spiro atoms. The number of esters is 1. The van der Waals surface area contributed by atoms with E-state index >= 15 is 0 Å². The van der Waals surface area contributed by atoms with Crippen molar-refractivity contribution in [2.45, 2.75) is 17.7 Å². The highest BCUT2D eigenvalue weighted by molar-refractivity contribution is 6.67. The maximum absolute atomic E-state index is 11.9. The number of ether oxygens (including phenoxy) is 1. The molecule has 0 saturated carbocycles. The number of hydrogen-bond donors (Lipinski definition) is 0. The van der Waals surface area contributed by atoms with Gasteiger partial charge in [-0.05, 0) is 24.6 Å². The minimum atomic E-state index is -2.18. The van der Waals surface area contributed by atoms with Gasteiger partial charge in [-0.3, -0.25) is 4.79 Å². The number of carbonyl (C=O) groups excluding carboxylic acids is 2. The van der Waals surface area contributed by atoms with Crippen LogP contribution < -0.4 is 0 Å². The molecule has 0 fully saturated rings. The molecule has 1 aromatic rings. The van der Waals surface area contributed by atoms with Gasteiger partial charge in [-0.2, -0.15) is 0 Å². The quantitative estimate of drug-likeness (QED) is 0.476. The highest BCUT2D eigenvalue weighted by Gasteiger charge is 2.43. The third kappa shape index (κ3) is 3.87. The third-order valence-corrected chi connectivity index (χ3v) is 3.10. The number of benzene rings is 1. The first-order valence-corrected chi connectivity index (χ1v) is 6.34. The summed E-state index contributed by atoms with van der Waals surface area (Å²) in [5, 5.41) is 0.492. The van der Waals surface area contributed by atoms with Gasteiger partial charge in [0.1, 0.15) is 0 Å². The number of carbonyl (C=O) groups is 2. The molecule has 0 aliphatic rings. The molecule has 18 heavy (non-hydrogen) atoms. The van der Waals surface area contributed by atoms with Crippen molar-refractivity contribution in [3.8, 4) is 0 Å². The average molecular weight is 310 g/mol. The molecule has 98 valence electrons. The van der Waals surface area contributed by atoms with Crippen LogP contribution in [0.4, 0.5) is 0 Å². The summed E-state index contributed by atoms with van der Waals surface area (Å²) in [6.45, 7) is 1.70. The molecule has 0 aliphatic carbocycles. The maximum atomic E-state index is 11.9. The van der Waals surface area contributed by atoms with E-state index < -0.39 is 16.1 Å². The average Bonchev–Trinajstić information content (AvgIpc) is 2.29. The lowest BCUT2D eigenvalue weighted by atomic mass is 10.1. The molecule has 6 heteroatoms. The first-order valence-electron chi connectivity index (χ1n) is 5.20. The Morgan fingerprint density at radius 3 is 2.56 bits per heavy atom. The second-order valence-electron chi connectivity index (χ2n) is 3.52. The lowest BCUT2D eigenvalue weighted by Crippen LogP contribution is -2.38. The van der Waals surface area contributed by atoms with Crippen LogP contribution in [-0.2, 0) is 20.7 Å². The maximum Gasteiger partial charge on any atom is 0.350 e. The van der Waals surface area contributed by atoms with E-state index in [-0.39, 0.29) is 13.0 Å². The number of rotatable bonds is 5. The van der Waals surface area contributed by atoms with Crippen molar-refractivity contribution in [2.24, 2.45) is 0 Å². The van der Waals surface area contributed by atoms with Crippen molar-refractivity contribution in [1.82, 2.24) is 0 Å². The van der Waals surface area contributed by atoms with Gasteiger partial charge in [0.05, 0.1) is 6.61 Å². The molecule has 1 rings (SSSR count). The minimum Gasteiger partial charge on any atom is -0.463 e. The van der Waals surface area contributed by atoms with Crippen LogP contribution in [0.5, 0.6) is 0 Å². The van der Waals surface area contributed by atoms with Crippen molar-refractivity contribution < 1.29 is 14.3 Å². The molecule has 0 atom stereocenters. The third-order valence-electron chi connectivity index (χ3n) is 2.14. The van der Waals surface area contributed by atoms with Crippen LogP contribution in [0.15, 0.2) is 24.3 Å².